The van der Waals surface area contributed by atoms with Crippen LogP contribution in [0.1, 0.15) is 63.9 Å². The van der Waals surface area contributed by atoms with Crippen molar-refractivity contribution in [3.05, 3.63) is 200 Å². The Labute approximate surface area is 426 Å². The van der Waals surface area contributed by atoms with Crippen LogP contribution in [-0.2, 0) is 35.3 Å². The van der Waals surface area contributed by atoms with Crippen LogP contribution >= 0.6 is 22.7 Å². The molecule has 0 fully saturated rings. The number of rotatable bonds is 11. The summed E-state index contributed by atoms with van der Waals surface area (Å²) in [6, 6.07) is 48.1. The van der Waals surface area contributed by atoms with Crippen molar-refractivity contribution in [2.75, 3.05) is 33.5 Å². The second-order valence-electron chi connectivity index (χ2n) is 18.6. The lowest BCUT2D eigenvalue weighted by Gasteiger charge is -2.19. The fourth-order valence-electron chi connectivity index (χ4n) is 9.97. The minimum atomic E-state index is -0.145. The summed E-state index contributed by atoms with van der Waals surface area (Å²) in [6.45, 7) is 9.17. The fourth-order valence-corrected chi connectivity index (χ4v) is 11.7. The summed E-state index contributed by atoms with van der Waals surface area (Å²) in [5, 5.41) is 9.17. The molecule has 0 saturated carbocycles. The highest BCUT2D eigenvalue weighted by Crippen LogP contribution is 2.39. The number of carbonyl (C=O) groups excluding carboxylic acids is 4. The predicted molar refractivity (Wildman–Crippen MR) is 292 cm³/mol. The Morgan fingerprint density at radius 2 is 0.986 bits per heavy atom. The number of benzene rings is 7. The molecule has 356 valence electrons. The fraction of sp³-hybridized carbons (Fsp3) is 0.167. The summed E-state index contributed by atoms with van der Waals surface area (Å²) in [5.41, 5.74) is 14.6. The first-order valence-electron chi connectivity index (χ1n) is 24.1. The van der Waals surface area contributed by atoms with Gasteiger partial charge in [0.1, 0.15) is 0 Å². The van der Waals surface area contributed by atoms with Crippen LogP contribution in [0, 0.1) is 27.7 Å². The van der Waals surface area contributed by atoms with Crippen LogP contribution in [0.3, 0.4) is 0 Å². The summed E-state index contributed by atoms with van der Waals surface area (Å²) in [4.78, 5) is 69.4. The number of anilines is 4. The van der Waals surface area contributed by atoms with E-state index in [1.165, 1.54) is 22.7 Å². The number of amides is 4. The maximum atomic E-state index is 14.3. The minimum Gasteiger partial charge on any atom is -0.308 e. The molecule has 0 radical (unpaired) electrons. The van der Waals surface area contributed by atoms with Gasteiger partial charge in [-0.1, -0.05) is 103 Å². The summed E-state index contributed by atoms with van der Waals surface area (Å²) in [5.74, 6) is -0.271. The van der Waals surface area contributed by atoms with E-state index >= 15 is 0 Å². The van der Waals surface area contributed by atoms with Gasteiger partial charge in [0.25, 0.3) is 11.8 Å². The van der Waals surface area contributed by atoms with Gasteiger partial charge in [-0.2, -0.15) is 0 Å². The monoisotopic (exact) mass is 982 g/mol. The van der Waals surface area contributed by atoms with Gasteiger partial charge in [-0.05, 0) is 138 Å². The van der Waals surface area contributed by atoms with E-state index in [1.54, 1.807) is 0 Å². The van der Waals surface area contributed by atoms with Crippen molar-refractivity contribution in [3.63, 3.8) is 0 Å². The van der Waals surface area contributed by atoms with Crippen molar-refractivity contribution in [1.29, 1.82) is 0 Å². The third-order valence-corrected chi connectivity index (χ3v) is 15.5. The number of aryl methyl sites for hydroxylation is 4. The lowest BCUT2D eigenvalue weighted by molar-refractivity contribution is -0.116. The quantitative estimate of drug-likeness (QED) is 0.133. The number of carbonyl (C=O) groups is 4. The molecule has 9 aromatic rings. The van der Waals surface area contributed by atoms with Crippen LogP contribution in [0.5, 0.6) is 0 Å². The van der Waals surface area contributed by atoms with E-state index in [-0.39, 0.29) is 36.5 Å². The molecule has 72 heavy (non-hydrogen) atoms. The molecule has 10 nitrogen and oxygen atoms in total. The Bertz CT molecular complexity index is 3650. The molecule has 12 heteroatoms. The number of aromatic nitrogens is 2. The maximum absolute atomic E-state index is 14.3. The van der Waals surface area contributed by atoms with Gasteiger partial charge in [0.2, 0.25) is 11.8 Å². The second kappa shape index (κ2) is 19.3. The topological polar surface area (TPSA) is 125 Å². The lowest BCUT2D eigenvalue weighted by atomic mass is 9.96. The molecule has 7 aromatic carbocycles. The molecule has 4 heterocycles. The van der Waals surface area contributed by atoms with Crippen LogP contribution in [-0.4, -0.2) is 46.7 Å². The van der Waals surface area contributed by atoms with E-state index in [0.717, 1.165) is 117 Å². The molecular weight excluding hydrogens is 933 g/mol. The van der Waals surface area contributed by atoms with Crippen molar-refractivity contribution in [1.82, 2.24) is 9.97 Å². The molecule has 2 aromatic heterocycles. The van der Waals surface area contributed by atoms with Gasteiger partial charge in [0, 0.05) is 56.5 Å². The van der Waals surface area contributed by atoms with Crippen LogP contribution in [0.2, 0.25) is 0 Å². The smallest absolute Gasteiger partial charge is 0.258 e. The molecular formula is C60H50N6O4S2. The zero-order valence-corrected chi connectivity index (χ0v) is 42.0. The second-order valence-corrected chi connectivity index (χ2v) is 21.0. The predicted octanol–water partition coefficient (Wildman–Crippen LogP) is 12.8. The molecule has 0 aliphatic carbocycles. The maximum Gasteiger partial charge on any atom is 0.258 e. The van der Waals surface area contributed by atoms with Gasteiger partial charge in [0.05, 0.1) is 24.2 Å². The summed E-state index contributed by atoms with van der Waals surface area (Å²) < 4.78 is 0. The van der Waals surface area contributed by atoms with Crippen molar-refractivity contribution in [3.8, 4) is 33.6 Å². The molecule has 4 amide bonds. The van der Waals surface area contributed by atoms with E-state index in [2.05, 4.69) is 53.1 Å². The van der Waals surface area contributed by atoms with Gasteiger partial charge in [0.15, 0.2) is 10.3 Å². The van der Waals surface area contributed by atoms with Crippen molar-refractivity contribution < 1.29 is 19.2 Å². The van der Waals surface area contributed by atoms with E-state index in [9.17, 15) is 19.2 Å². The Kier molecular flexibility index (Phi) is 12.4. The Balaban J connectivity index is 0.733. The van der Waals surface area contributed by atoms with Crippen molar-refractivity contribution in [2.45, 2.75) is 53.4 Å². The molecule has 0 atom stereocenters. The first-order valence-corrected chi connectivity index (χ1v) is 25.7. The molecule has 2 aliphatic rings. The van der Waals surface area contributed by atoms with Crippen LogP contribution in [0.15, 0.2) is 146 Å². The summed E-state index contributed by atoms with van der Waals surface area (Å²) in [7, 11) is 0. The number of nitrogens with one attached hydrogen (secondary N) is 2. The van der Waals surface area contributed by atoms with Gasteiger partial charge >= 0.3 is 0 Å². The number of nitrogens with zero attached hydrogens (tertiary/aromatic N) is 4. The molecule has 0 unspecified atom stereocenters. The number of hydrogen-bond acceptors (Lipinski definition) is 8. The standard InChI is InChI=1S/C60H50N6O4S2/c1-35-10-8-9-13-49(35)57(69)65-26-24-45-32-47(20-22-51(45)65)56-38(4)72-60(64-56)62-54(68)30-40-15-17-42-31-43(19-18-41(42)28-40)44-16-14-36(2)50(34-44)58(70)66-27-25-46-33-48(21-23-52(46)66)55-37(3)71-59(63-55)61-53(67)29-39-11-6-5-7-12-39/h5-23,28,31-34H,24-27,29-30H2,1-4H3,(H,61,63,67)(H,62,64,68). The summed E-state index contributed by atoms with van der Waals surface area (Å²) in [6.07, 6.45) is 1.98. The molecule has 2 N–H and O–H groups in total. The van der Waals surface area contributed by atoms with Crippen LogP contribution in [0.25, 0.3) is 44.4 Å². The Hall–Kier alpha value is -8.06. The molecule has 11 rings (SSSR count). The highest BCUT2D eigenvalue weighted by atomic mass is 32.1. The zero-order valence-electron chi connectivity index (χ0n) is 40.3. The number of thiazole rings is 2. The molecule has 0 spiro atoms. The van der Waals surface area contributed by atoms with Gasteiger partial charge in [-0.3, -0.25) is 19.2 Å². The molecule has 2 aliphatic heterocycles. The first kappa shape index (κ1) is 46.3. The minimum absolute atomic E-state index is 0.0151. The van der Waals surface area contributed by atoms with Crippen molar-refractivity contribution in [2.24, 2.45) is 0 Å². The highest BCUT2D eigenvalue weighted by molar-refractivity contribution is 7.16. The third kappa shape index (κ3) is 9.22. The van der Waals surface area contributed by atoms with Gasteiger partial charge in [-0.25, -0.2) is 9.97 Å². The average Bonchev–Trinajstić information content (AvgIpc) is 4.18. The van der Waals surface area contributed by atoms with E-state index in [4.69, 9.17) is 9.97 Å². The number of hydrogen-bond donors (Lipinski definition) is 2. The Morgan fingerprint density at radius 3 is 1.61 bits per heavy atom. The van der Waals surface area contributed by atoms with E-state index < -0.39 is 0 Å². The van der Waals surface area contributed by atoms with Gasteiger partial charge in [-0.15, -0.1) is 22.7 Å². The average molecular weight is 983 g/mol. The lowest BCUT2D eigenvalue weighted by Crippen LogP contribution is -2.29. The van der Waals surface area contributed by atoms with Gasteiger partial charge < -0.3 is 20.4 Å². The Morgan fingerprint density at radius 1 is 0.486 bits per heavy atom. The first-order chi connectivity index (χ1) is 34.9. The molecule has 0 bridgehead atoms. The van der Waals surface area contributed by atoms with E-state index in [0.29, 0.717) is 28.9 Å². The highest BCUT2D eigenvalue weighted by Gasteiger charge is 2.29. The SMILES string of the molecule is Cc1ccccc1C(=O)N1CCc2cc(-c3nc(NC(=O)Cc4ccc5cc(-c6ccc(C)c(C(=O)N7CCc8cc(-c9nc(NC(=O)Cc%10ccccc%10)sc9C)ccc87)c6)ccc5c4)sc3C)ccc21. The largest absolute Gasteiger partial charge is 0.308 e. The molecule has 0 saturated heterocycles. The normalized spacial score (nSPS) is 12.8. The van der Waals surface area contributed by atoms with Crippen molar-refractivity contribution >= 4 is 78.7 Å². The zero-order chi connectivity index (χ0) is 49.6. The third-order valence-electron chi connectivity index (χ3n) is 13.7. The number of fused-ring (bicyclic) bond motifs is 3. The van der Waals surface area contributed by atoms with Crippen LogP contribution < -0.4 is 20.4 Å². The van der Waals surface area contributed by atoms with Crippen LogP contribution in [0.4, 0.5) is 21.6 Å². The van der Waals surface area contributed by atoms with E-state index in [1.807, 2.05) is 141 Å². The summed E-state index contributed by atoms with van der Waals surface area (Å²) >= 11 is 2.91.